The molecule has 1 aliphatic rings. The third-order valence-electron chi connectivity index (χ3n) is 4.03. The quantitative estimate of drug-likeness (QED) is 0.878. The number of rotatable bonds is 3. The predicted octanol–water partition coefficient (Wildman–Crippen LogP) is 2.35. The Hall–Kier alpha value is -1.42. The van der Waals surface area contributed by atoms with Gasteiger partial charge in [-0.25, -0.2) is 4.98 Å². The molecule has 4 heteroatoms. The van der Waals surface area contributed by atoms with Crippen LogP contribution in [0.2, 0.25) is 0 Å². The van der Waals surface area contributed by atoms with Gasteiger partial charge in [0, 0.05) is 11.1 Å². The second kappa shape index (κ2) is 5.70. The molecule has 2 N–H and O–H groups in total. The van der Waals surface area contributed by atoms with Crippen molar-refractivity contribution in [2.45, 2.75) is 33.6 Å². The summed E-state index contributed by atoms with van der Waals surface area (Å²) in [5.74, 6) is 1.08. The van der Waals surface area contributed by atoms with E-state index in [0.29, 0.717) is 11.7 Å². The molecule has 4 nitrogen and oxygen atoms in total. The Morgan fingerprint density at radius 1 is 1.47 bits per heavy atom. The van der Waals surface area contributed by atoms with Crippen molar-refractivity contribution in [3.8, 4) is 0 Å². The van der Waals surface area contributed by atoms with Crippen molar-refractivity contribution in [1.82, 2.24) is 10.3 Å². The van der Waals surface area contributed by atoms with Crippen LogP contribution in [-0.4, -0.2) is 24.0 Å². The molecular weight excluding hydrogens is 238 g/mol. The van der Waals surface area contributed by atoms with Crippen LogP contribution in [0, 0.1) is 18.3 Å². The number of aromatic nitrogens is 1. The van der Waals surface area contributed by atoms with Crippen molar-refractivity contribution in [3.05, 3.63) is 23.9 Å². The number of carbonyl (C=O) groups is 1. The number of pyridine rings is 1. The molecule has 2 heterocycles. The lowest BCUT2D eigenvalue weighted by Gasteiger charge is -2.35. The number of carbonyl (C=O) groups excluding carboxylic acids is 1. The standard InChI is InChI=1S/C15H23N3O/c1-11-6-4-8-13(17-11)18-14(19)15(2,3)12-7-5-9-16-10-12/h4,6,8,12,16H,5,7,9-10H2,1-3H3,(H,17,18,19). The zero-order valence-corrected chi connectivity index (χ0v) is 12.0. The van der Waals surface area contributed by atoms with Crippen LogP contribution in [-0.2, 0) is 4.79 Å². The second-order valence-corrected chi connectivity index (χ2v) is 5.88. The summed E-state index contributed by atoms with van der Waals surface area (Å²) in [4.78, 5) is 16.8. The molecule has 0 aliphatic carbocycles. The molecular formula is C15H23N3O. The molecule has 1 aromatic rings. The number of nitrogens with zero attached hydrogens (tertiary/aromatic N) is 1. The third kappa shape index (κ3) is 3.32. The first-order valence-electron chi connectivity index (χ1n) is 6.96. The topological polar surface area (TPSA) is 54.0 Å². The predicted molar refractivity (Wildman–Crippen MR) is 77.0 cm³/mol. The molecule has 0 spiro atoms. The van der Waals surface area contributed by atoms with Crippen LogP contribution in [0.4, 0.5) is 5.82 Å². The van der Waals surface area contributed by atoms with E-state index in [1.165, 1.54) is 0 Å². The first-order valence-corrected chi connectivity index (χ1v) is 6.96. The molecule has 19 heavy (non-hydrogen) atoms. The first-order chi connectivity index (χ1) is 9.00. The minimum atomic E-state index is -0.376. The van der Waals surface area contributed by atoms with Crippen LogP contribution in [0.25, 0.3) is 0 Å². The number of hydrogen-bond acceptors (Lipinski definition) is 3. The van der Waals surface area contributed by atoms with Gasteiger partial charge in [0.05, 0.1) is 0 Å². The normalized spacial score (nSPS) is 20.1. The highest BCUT2D eigenvalue weighted by molar-refractivity contribution is 5.94. The molecule has 1 saturated heterocycles. The molecule has 1 aromatic heterocycles. The zero-order chi connectivity index (χ0) is 13.9. The molecule has 1 amide bonds. The lowest BCUT2D eigenvalue weighted by atomic mass is 9.74. The summed E-state index contributed by atoms with van der Waals surface area (Å²) < 4.78 is 0. The fourth-order valence-electron chi connectivity index (χ4n) is 2.54. The summed E-state index contributed by atoms with van der Waals surface area (Å²) in [5.41, 5.74) is 0.536. The Morgan fingerprint density at radius 3 is 2.89 bits per heavy atom. The monoisotopic (exact) mass is 261 g/mol. The molecule has 1 fully saturated rings. The molecule has 0 saturated carbocycles. The molecule has 104 valence electrons. The van der Waals surface area contributed by atoms with Gasteiger partial charge in [-0.15, -0.1) is 0 Å². The van der Waals surface area contributed by atoms with Gasteiger partial charge in [-0.1, -0.05) is 19.9 Å². The van der Waals surface area contributed by atoms with Gasteiger partial charge in [0.15, 0.2) is 0 Å². The number of amides is 1. The Kier molecular flexibility index (Phi) is 4.20. The Morgan fingerprint density at radius 2 is 2.26 bits per heavy atom. The van der Waals surface area contributed by atoms with Crippen molar-refractivity contribution >= 4 is 11.7 Å². The summed E-state index contributed by atoms with van der Waals surface area (Å²) in [6.45, 7) is 7.95. The van der Waals surface area contributed by atoms with Crippen molar-refractivity contribution in [3.63, 3.8) is 0 Å². The zero-order valence-electron chi connectivity index (χ0n) is 12.0. The number of anilines is 1. The van der Waals surface area contributed by atoms with E-state index in [2.05, 4.69) is 15.6 Å². The van der Waals surface area contributed by atoms with Crippen LogP contribution in [0.1, 0.15) is 32.4 Å². The number of nitrogens with one attached hydrogen (secondary N) is 2. The number of hydrogen-bond donors (Lipinski definition) is 2. The minimum Gasteiger partial charge on any atom is -0.316 e. The lowest BCUT2D eigenvalue weighted by molar-refractivity contribution is -0.127. The van der Waals surface area contributed by atoms with Crippen LogP contribution < -0.4 is 10.6 Å². The Balaban J connectivity index is 2.05. The van der Waals surface area contributed by atoms with Gasteiger partial charge in [-0.05, 0) is 50.9 Å². The minimum absolute atomic E-state index is 0.0549. The van der Waals surface area contributed by atoms with Gasteiger partial charge in [-0.3, -0.25) is 4.79 Å². The summed E-state index contributed by atoms with van der Waals surface area (Å²) in [6.07, 6.45) is 2.25. The third-order valence-corrected chi connectivity index (χ3v) is 4.03. The van der Waals surface area contributed by atoms with Gasteiger partial charge < -0.3 is 10.6 Å². The molecule has 2 rings (SSSR count). The van der Waals surface area contributed by atoms with Gasteiger partial charge in [0.25, 0.3) is 0 Å². The van der Waals surface area contributed by atoms with E-state index in [1.807, 2.05) is 39.0 Å². The van der Waals surface area contributed by atoms with Crippen LogP contribution in [0.3, 0.4) is 0 Å². The summed E-state index contributed by atoms with van der Waals surface area (Å²) >= 11 is 0. The lowest BCUT2D eigenvalue weighted by Crippen LogP contribution is -2.44. The largest absolute Gasteiger partial charge is 0.316 e. The summed E-state index contributed by atoms with van der Waals surface area (Å²) in [5, 5.41) is 6.32. The maximum atomic E-state index is 12.5. The molecule has 1 atom stereocenters. The van der Waals surface area contributed by atoms with E-state index in [0.717, 1.165) is 31.6 Å². The van der Waals surface area contributed by atoms with Crippen molar-refractivity contribution in [2.24, 2.45) is 11.3 Å². The van der Waals surface area contributed by atoms with Crippen LogP contribution in [0.5, 0.6) is 0 Å². The molecule has 0 aromatic carbocycles. The Labute approximate surface area is 115 Å². The average Bonchev–Trinajstić information content (AvgIpc) is 2.39. The van der Waals surface area contributed by atoms with E-state index in [1.54, 1.807) is 0 Å². The number of aryl methyl sites for hydroxylation is 1. The molecule has 1 aliphatic heterocycles. The molecule has 0 bridgehead atoms. The highest BCUT2D eigenvalue weighted by Crippen LogP contribution is 2.32. The maximum absolute atomic E-state index is 12.5. The maximum Gasteiger partial charge on any atom is 0.231 e. The van der Waals surface area contributed by atoms with Gasteiger partial charge in [-0.2, -0.15) is 0 Å². The summed E-state index contributed by atoms with van der Waals surface area (Å²) in [7, 11) is 0. The van der Waals surface area contributed by atoms with E-state index in [-0.39, 0.29) is 11.3 Å². The molecule has 0 radical (unpaired) electrons. The fraction of sp³-hybridized carbons (Fsp3) is 0.600. The van der Waals surface area contributed by atoms with Crippen LogP contribution >= 0.6 is 0 Å². The fourth-order valence-corrected chi connectivity index (χ4v) is 2.54. The number of piperidine rings is 1. The van der Waals surface area contributed by atoms with Gasteiger partial charge in [0.1, 0.15) is 5.82 Å². The highest BCUT2D eigenvalue weighted by Gasteiger charge is 2.37. The van der Waals surface area contributed by atoms with Crippen molar-refractivity contribution in [1.29, 1.82) is 0 Å². The first kappa shape index (κ1) is 14.0. The van der Waals surface area contributed by atoms with Gasteiger partial charge in [0.2, 0.25) is 5.91 Å². The van der Waals surface area contributed by atoms with Crippen molar-refractivity contribution in [2.75, 3.05) is 18.4 Å². The van der Waals surface area contributed by atoms with Crippen LogP contribution in [0.15, 0.2) is 18.2 Å². The Bertz CT molecular complexity index is 450. The average molecular weight is 261 g/mol. The van der Waals surface area contributed by atoms with E-state index < -0.39 is 0 Å². The van der Waals surface area contributed by atoms with E-state index in [4.69, 9.17) is 0 Å². The molecule has 1 unspecified atom stereocenters. The smallest absolute Gasteiger partial charge is 0.231 e. The highest BCUT2D eigenvalue weighted by atomic mass is 16.2. The SMILES string of the molecule is Cc1cccc(NC(=O)C(C)(C)C2CCCNC2)n1. The second-order valence-electron chi connectivity index (χ2n) is 5.88. The summed E-state index contributed by atoms with van der Waals surface area (Å²) in [6, 6.07) is 5.67. The van der Waals surface area contributed by atoms with E-state index in [9.17, 15) is 4.79 Å². The van der Waals surface area contributed by atoms with Gasteiger partial charge >= 0.3 is 0 Å². The van der Waals surface area contributed by atoms with Crippen molar-refractivity contribution < 1.29 is 4.79 Å². The van der Waals surface area contributed by atoms with E-state index >= 15 is 0 Å².